The van der Waals surface area contributed by atoms with Crippen molar-refractivity contribution in [2.45, 2.75) is 26.8 Å². The summed E-state index contributed by atoms with van der Waals surface area (Å²) in [6, 6.07) is 5.36. The lowest BCUT2D eigenvalue weighted by molar-refractivity contribution is 0.315. The molecule has 0 radical (unpaired) electrons. The standard InChI is InChI=1S/C13H18FN/c1-10-3-4-13(14)12(7-10)9-15-6-5-11(2)8-15/h3-4,7,11H,5-6,8-9H2,1-2H3/t11-/m1/s1. The zero-order valence-corrected chi connectivity index (χ0v) is 9.46. The fourth-order valence-electron chi connectivity index (χ4n) is 2.24. The molecule has 1 heterocycles. The van der Waals surface area contributed by atoms with Gasteiger partial charge in [-0.15, -0.1) is 0 Å². The molecule has 15 heavy (non-hydrogen) atoms. The average molecular weight is 207 g/mol. The lowest BCUT2D eigenvalue weighted by atomic mass is 10.1. The van der Waals surface area contributed by atoms with Gasteiger partial charge in [0.1, 0.15) is 5.82 Å². The first kappa shape index (κ1) is 10.6. The highest BCUT2D eigenvalue weighted by Gasteiger charge is 2.19. The van der Waals surface area contributed by atoms with E-state index in [1.165, 1.54) is 6.42 Å². The summed E-state index contributed by atoms with van der Waals surface area (Å²) in [4.78, 5) is 2.34. The van der Waals surface area contributed by atoms with E-state index in [1.54, 1.807) is 6.07 Å². The Hall–Kier alpha value is -0.890. The van der Waals surface area contributed by atoms with E-state index in [9.17, 15) is 4.39 Å². The van der Waals surface area contributed by atoms with Gasteiger partial charge in [0.25, 0.3) is 0 Å². The van der Waals surface area contributed by atoms with E-state index in [-0.39, 0.29) is 5.82 Å². The lowest BCUT2D eigenvalue weighted by Gasteiger charge is -2.16. The minimum absolute atomic E-state index is 0.0693. The molecule has 0 aromatic heterocycles. The Morgan fingerprint density at radius 3 is 2.93 bits per heavy atom. The topological polar surface area (TPSA) is 3.24 Å². The van der Waals surface area contributed by atoms with Crippen LogP contribution in [-0.4, -0.2) is 18.0 Å². The second kappa shape index (κ2) is 4.31. The normalized spacial score (nSPS) is 22.2. The molecule has 0 spiro atoms. The Kier molecular flexibility index (Phi) is 3.06. The Balaban J connectivity index is 2.07. The van der Waals surface area contributed by atoms with Gasteiger partial charge in [-0.2, -0.15) is 0 Å². The lowest BCUT2D eigenvalue weighted by Crippen LogP contribution is -2.20. The molecule has 1 nitrogen and oxygen atoms in total. The maximum atomic E-state index is 13.5. The van der Waals surface area contributed by atoms with Gasteiger partial charge in [-0.3, -0.25) is 4.90 Å². The minimum atomic E-state index is -0.0693. The van der Waals surface area contributed by atoms with Gasteiger partial charge in [0.05, 0.1) is 0 Å². The number of aryl methyl sites for hydroxylation is 1. The molecule has 1 aromatic carbocycles. The molecule has 1 aromatic rings. The van der Waals surface area contributed by atoms with Crippen LogP contribution in [0.15, 0.2) is 18.2 Å². The fraction of sp³-hybridized carbons (Fsp3) is 0.538. The van der Waals surface area contributed by atoms with E-state index in [0.717, 1.165) is 36.7 Å². The van der Waals surface area contributed by atoms with Crippen molar-refractivity contribution >= 4 is 0 Å². The molecule has 0 aliphatic carbocycles. The zero-order valence-electron chi connectivity index (χ0n) is 9.46. The molecule has 0 saturated carbocycles. The largest absolute Gasteiger partial charge is 0.299 e. The first-order valence-electron chi connectivity index (χ1n) is 5.62. The van der Waals surface area contributed by atoms with Gasteiger partial charge in [0, 0.05) is 18.7 Å². The highest BCUT2D eigenvalue weighted by molar-refractivity contribution is 5.24. The summed E-state index contributed by atoms with van der Waals surface area (Å²) in [5.74, 6) is 0.693. The Bertz CT molecular complexity index is 348. The average Bonchev–Trinajstić information content (AvgIpc) is 2.58. The molecule has 0 unspecified atom stereocenters. The Morgan fingerprint density at radius 2 is 2.27 bits per heavy atom. The summed E-state index contributed by atoms with van der Waals surface area (Å²) < 4.78 is 13.5. The summed E-state index contributed by atoms with van der Waals surface area (Å²) in [6.45, 7) is 7.24. The molecular weight excluding hydrogens is 189 g/mol. The molecule has 1 aliphatic heterocycles. The molecule has 2 heteroatoms. The maximum Gasteiger partial charge on any atom is 0.127 e. The van der Waals surface area contributed by atoms with Gasteiger partial charge in [0.2, 0.25) is 0 Å². The number of halogens is 1. The third kappa shape index (κ3) is 2.57. The number of rotatable bonds is 2. The van der Waals surface area contributed by atoms with Crippen molar-refractivity contribution in [1.82, 2.24) is 4.90 Å². The molecule has 1 saturated heterocycles. The predicted octanol–water partition coefficient (Wildman–Crippen LogP) is 2.98. The van der Waals surface area contributed by atoms with Gasteiger partial charge < -0.3 is 0 Å². The number of hydrogen-bond donors (Lipinski definition) is 0. The Morgan fingerprint density at radius 1 is 1.47 bits per heavy atom. The summed E-state index contributed by atoms with van der Waals surface area (Å²) in [6.07, 6.45) is 1.24. The third-order valence-electron chi connectivity index (χ3n) is 3.10. The van der Waals surface area contributed by atoms with E-state index >= 15 is 0 Å². The molecule has 0 N–H and O–H groups in total. The minimum Gasteiger partial charge on any atom is -0.299 e. The van der Waals surface area contributed by atoms with Crippen LogP contribution in [0.1, 0.15) is 24.5 Å². The van der Waals surface area contributed by atoms with Crippen molar-refractivity contribution in [3.8, 4) is 0 Å². The van der Waals surface area contributed by atoms with Gasteiger partial charge in [-0.05, 0) is 31.9 Å². The Labute approximate surface area is 90.9 Å². The van der Waals surface area contributed by atoms with Crippen LogP contribution in [0.5, 0.6) is 0 Å². The molecule has 0 bridgehead atoms. The van der Waals surface area contributed by atoms with E-state index in [1.807, 2.05) is 19.1 Å². The maximum absolute atomic E-state index is 13.5. The molecule has 82 valence electrons. The molecule has 1 aliphatic rings. The van der Waals surface area contributed by atoms with Crippen LogP contribution >= 0.6 is 0 Å². The van der Waals surface area contributed by atoms with Crippen molar-refractivity contribution < 1.29 is 4.39 Å². The first-order valence-corrected chi connectivity index (χ1v) is 5.62. The fourth-order valence-corrected chi connectivity index (χ4v) is 2.24. The van der Waals surface area contributed by atoms with Crippen molar-refractivity contribution in [1.29, 1.82) is 0 Å². The summed E-state index contributed by atoms with van der Waals surface area (Å²) in [7, 11) is 0. The van der Waals surface area contributed by atoms with Crippen molar-refractivity contribution in [2.24, 2.45) is 5.92 Å². The van der Waals surface area contributed by atoms with Crippen LogP contribution < -0.4 is 0 Å². The smallest absolute Gasteiger partial charge is 0.127 e. The van der Waals surface area contributed by atoms with E-state index < -0.39 is 0 Å². The van der Waals surface area contributed by atoms with Crippen LogP contribution in [0.2, 0.25) is 0 Å². The quantitative estimate of drug-likeness (QED) is 0.720. The van der Waals surface area contributed by atoms with Crippen LogP contribution in [0.25, 0.3) is 0 Å². The predicted molar refractivity (Wildman–Crippen MR) is 60.2 cm³/mol. The van der Waals surface area contributed by atoms with Crippen molar-refractivity contribution in [2.75, 3.05) is 13.1 Å². The number of likely N-dealkylation sites (tertiary alicyclic amines) is 1. The number of nitrogens with zero attached hydrogens (tertiary/aromatic N) is 1. The number of benzene rings is 1. The summed E-state index contributed by atoms with van der Waals surface area (Å²) >= 11 is 0. The van der Waals surface area contributed by atoms with Crippen LogP contribution in [0, 0.1) is 18.7 Å². The van der Waals surface area contributed by atoms with Gasteiger partial charge in [-0.1, -0.05) is 24.6 Å². The molecule has 0 amide bonds. The second-order valence-corrected chi connectivity index (χ2v) is 4.72. The van der Waals surface area contributed by atoms with Gasteiger partial charge >= 0.3 is 0 Å². The van der Waals surface area contributed by atoms with Crippen LogP contribution in [-0.2, 0) is 6.54 Å². The molecular formula is C13H18FN. The number of hydrogen-bond acceptors (Lipinski definition) is 1. The van der Waals surface area contributed by atoms with Crippen molar-refractivity contribution in [3.05, 3.63) is 35.1 Å². The molecule has 2 rings (SSSR count). The van der Waals surface area contributed by atoms with Gasteiger partial charge in [-0.25, -0.2) is 4.39 Å². The molecule has 1 fully saturated rings. The third-order valence-corrected chi connectivity index (χ3v) is 3.10. The second-order valence-electron chi connectivity index (χ2n) is 4.72. The zero-order chi connectivity index (χ0) is 10.8. The summed E-state index contributed by atoms with van der Waals surface area (Å²) in [5, 5.41) is 0. The van der Waals surface area contributed by atoms with Crippen LogP contribution in [0.3, 0.4) is 0 Å². The van der Waals surface area contributed by atoms with E-state index in [4.69, 9.17) is 0 Å². The highest BCUT2D eigenvalue weighted by Crippen LogP contribution is 2.19. The first-order chi connectivity index (χ1) is 7.15. The van der Waals surface area contributed by atoms with Crippen LogP contribution in [0.4, 0.5) is 4.39 Å². The van der Waals surface area contributed by atoms with Gasteiger partial charge in [0.15, 0.2) is 0 Å². The van der Waals surface area contributed by atoms with Crippen molar-refractivity contribution in [3.63, 3.8) is 0 Å². The monoisotopic (exact) mass is 207 g/mol. The highest BCUT2D eigenvalue weighted by atomic mass is 19.1. The summed E-state index contributed by atoms with van der Waals surface area (Å²) in [5.41, 5.74) is 1.97. The molecule has 1 atom stereocenters. The SMILES string of the molecule is Cc1ccc(F)c(CN2CC[C@@H](C)C2)c1. The van der Waals surface area contributed by atoms with E-state index in [0.29, 0.717) is 0 Å². The van der Waals surface area contributed by atoms with E-state index in [2.05, 4.69) is 11.8 Å².